The van der Waals surface area contributed by atoms with Crippen LogP contribution in [0, 0.1) is 0 Å². The predicted molar refractivity (Wildman–Crippen MR) is 117 cm³/mol. The first-order valence-electron chi connectivity index (χ1n) is 9.48. The molecule has 2 heterocycles. The molecule has 0 saturated carbocycles. The predicted octanol–water partition coefficient (Wildman–Crippen LogP) is 2.09. The van der Waals surface area contributed by atoms with E-state index >= 15 is 0 Å². The minimum Gasteiger partial charge on any atom is -0.363 e. The number of carbonyl (C=O) groups excluding carboxylic acids is 3. The van der Waals surface area contributed by atoms with Gasteiger partial charge < -0.3 is 11.1 Å². The number of nitrogens with two attached hydrogens (primary N) is 1. The van der Waals surface area contributed by atoms with Crippen molar-refractivity contribution in [1.29, 1.82) is 0 Å². The van der Waals surface area contributed by atoms with E-state index in [0.29, 0.717) is 11.3 Å². The van der Waals surface area contributed by atoms with Crippen LogP contribution in [0.15, 0.2) is 60.2 Å². The summed E-state index contributed by atoms with van der Waals surface area (Å²) in [5.41, 5.74) is 10.1. The Morgan fingerprint density at radius 3 is 2.65 bits per heavy atom. The molecule has 1 atom stereocenters. The van der Waals surface area contributed by atoms with Crippen molar-refractivity contribution in [1.82, 2.24) is 20.1 Å². The van der Waals surface area contributed by atoms with Gasteiger partial charge in [0.1, 0.15) is 11.7 Å². The molecule has 0 aliphatic heterocycles. The van der Waals surface area contributed by atoms with E-state index in [2.05, 4.69) is 15.4 Å². The van der Waals surface area contributed by atoms with E-state index in [1.807, 2.05) is 48.5 Å². The number of rotatable bonds is 7. The summed E-state index contributed by atoms with van der Waals surface area (Å²) in [4.78, 5) is 41.4. The summed E-state index contributed by atoms with van der Waals surface area (Å²) >= 11 is 1.46. The van der Waals surface area contributed by atoms with Crippen LogP contribution in [0.25, 0.3) is 21.5 Å². The number of benzene rings is 2. The molecule has 3 N–H and O–H groups in total. The highest BCUT2D eigenvalue weighted by atomic mass is 32.1. The zero-order valence-electron chi connectivity index (χ0n) is 16.6. The van der Waals surface area contributed by atoms with E-state index in [0.717, 1.165) is 21.3 Å². The van der Waals surface area contributed by atoms with Crippen LogP contribution in [-0.2, 0) is 23.1 Å². The maximum atomic E-state index is 13.2. The molecule has 0 aliphatic carbocycles. The van der Waals surface area contributed by atoms with Gasteiger partial charge in [-0.1, -0.05) is 42.5 Å². The van der Waals surface area contributed by atoms with Gasteiger partial charge in [0.05, 0.1) is 21.3 Å². The van der Waals surface area contributed by atoms with Gasteiger partial charge in [0.25, 0.3) is 11.8 Å². The zero-order valence-corrected chi connectivity index (χ0v) is 17.4. The Morgan fingerprint density at radius 2 is 1.90 bits per heavy atom. The molecule has 0 bridgehead atoms. The van der Waals surface area contributed by atoms with Crippen LogP contribution < -0.4 is 11.1 Å². The lowest BCUT2D eigenvalue weighted by Crippen LogP contribution is -2.47. The van der Waals surface area contributed by atoms with E-state index in [1.165, 1.54) is 16.0 Å². The fourth-order valence-electron chi connectivity index (χ4n) is 3.39. The normalized spacial score (nSPS) is 11.9. The molecule has 2 aromatic carbocycles. The molecule has 156 valence electrons. The fraction of sp³-hybridized carbons (Fsp3) is 0.136. The smallest absolute Gasteiger partial charge is 0.287 e. The van der Waals surface area contributed by atoms with Crippen molar-refractivity contribution in [3.8, 4) is 11.3 Å². The Balaban J connectivity index is 1.68. The summed E-state index contributed by atoms with van der Waals surface area (Å²) in [6, 6.07) is 13.6. The highest BCUT2D eigenvalue weighted by molar-refractivity contribution is 7.17. The van der Waals surface area contributed by atoms with Crippen molar-refractivity contribution in [2.45, 2.75) is 12.5 Å². The Morgan fingerprint density at radius 1 is 1.13 bits per heavy atom. The summed E-state index contributed by atoms with van der Waals surface area (Å²) in [5, 5.41) is 7.13. The number of aromatic nitrogens is 3. The minimum absolute atomic E-state index is 0.147. The molecular formula is C22H19N5O3S. The van der Waals surface area contributed by atoms with Crippen molar-refractivity contribution < 1.29 is 14.4 Å². The first-order valence-corrected chi connectivity index (χ1v) is 10.4. The lowest BCUT2D eigenvalue weighted by Gasteiger charge is -2.16. The summed E-state index contributed by atoms with van der Waals surface area (Å²) in [6.45, 7) is 0. The topological polar surface area (TPSA) is 120 Å². The monoisotopic (exact) mass is 433 g/mol. The maximum absolute atomic E-state index is 13.2. The molecule has 4 aromatic rings. The maximum Gasteiger partial charge on any atom is 0.287 e. The van der Waals surface area contributed by atoms with E-state index in [9.17, 15) is 14.4 Å². The highest BCUT2D eigenvalue weighted by Gasteiger charge is 2.28. The molecule has 0 fully saturated rings. The Kier molecular flexibility index (Phi) is 5.59. The summed E-state index contributed by atoms with van der Waals surface area (Å²) < 4.78 is 2.44. The van der Waals surface area contributed by atoms with Gasteiger partial charge in [0, 0.05) is 25.2 Å². The van der Waals surface area contributed by atoms with E-state index in [-0.39, 0.29) is 6.42 Å². The molecule has 9 heteroatoms. The highest BCUT2D eigenvalue weighted by Crippen LogP contribution is 2.32. The average molecular weight is 433 g/mol. The molecule has 0 saturated heterocycles. The molecule has 31 heavy (non-hydrogen) atoms. The number of fused-ring (bicyclic) bond motifs is 1. The molecule has 0 aliphatic rings. The second-order valence-electron chi connectivity index (χ2n) is 7.02. The first-order chi connectivity index (χ1) is 14.9. The fourth-order valence-corrected chi connectivity index (χ4v) is 4.20. The summed E-state index contributed by atoms with van der Waals surface area (Å²) in [7, 11) is 1.71. The third-order valence-corrected chi connectivity index (χ3v) is 5.71. The van der Waals surface area contributed by atoms with Crippen molar-refractivity contribution in [3.05, 3.63) is 71.4 Å². The van der Waals surface area contributed by atoms with Crippen LogP contribution in [0.1, 0.15) is 15.9 Å². The van der Waals surface area contributed by atoms with Crippen molar-refractivity contribution >= 4 is 39.2 Å². The van der Waals surface area contributed by atoms with E-state index in [1.54, 1.807) is 18.8 Å². The summed E-state index contributed by atoms with van der Waals surface area (Å²) in [5.74, 6) is -2.46. The number of primary amides is 1. The molecule has 2 amide bonds. The van der Waals surface area contributed by atoms with Crippen molar-refractivity contribution in [2.75, 3.05) is 0 Å². The second-order valence-corrected chi connectivity index (χ2v) is 7.87. The Hall–Kier alpha value is -3.85. The number of carbonyl (C=O) groups is 3. The second kappa shape index (κ2) is 8.49. The SMILES string of the molecule is Cn1cc(C(=O)NC(Cc2ccccc2)C(=O)C(N)=O)c(-c2cccc3ncsc23)n1. The van der Waals surface area contributed by atoms with Crippen LogP contribution in [0.3, 0.4) is 0 Å². The van der Waals surface area contributed by atoms with Gasteiger partial charge >= 0.3 is 0 Å². The number of nitrogens with one attached hydrogen (secondary N) is 1. The number of Topliss-reactive ketones (excluding diaryl/α,β-unsaturated/α-hetero) is 1. The molecule has 2 aromatic heterocycles. The van der Waals surface area contributed by atoms with Crippen LogP contribution in [-0.4, -0.2) is 38.4 Å². The molecule has 4 rings (SSSR count). The zero-order chi connectivity index (χ0) is 22.0. The quantitative estimate of drug-likeness (QED) is 0.433. The van der Waals surface area contributed by atoms with Crippen molar-refractivity contribution in [3.63, 3.8) is 0 Å². The van der Waals surface area contributed by atoms with Gasteiger partial charge in [-0.15, -0.1) is 11.3 Å². The standard InChI is InChI=1S/C22H19N5O3S/c1-27-11-15(18(26-27)14-8-5-9-16-20(14)31-12-24-16)22(30)25-17(19(28)21(23)29)10-13-6-3-2-4-7-13/h2-9,11-12,17H,10H2,1H3,(H2,23,29)(H,25,30). The summed E-state index contributed by atoms with van der Waals surface area (Å²) in [6.07, 6.45) is 1.73. The minimum atomic E-state index is -1.10. The number of aryl methyl sites for hydroxylation is 1. The van der Waals surface area contributed by atoms with Gasteiger partial charge in [-0.25, -0.2) is 4.98 Å². The van der Waals surface area contributed by atoms with Gasteiger partial charge in [0.15, 0.2) is 0 Å². The van der Waals surface area contributed by atoms with Crippen molar-refractivity contribution in [2.24, 2.45) is 12.8 Å². The van der Waals surface area contributed by atoms with E-state index < -0.39 is 23.6 Å². The number of nitrogens with zero attached hydrogens (tertiary/aromatic N) is 3. The van der Waals surface area contributed by atoms with Crippen LogP contribution >= 0.6 is 11.3 Å². The van der Waals surface area contributed by atoms with Gasteiger partial charge in [-0.05, 0) is 11.6 Å². The number of thiazole rings is 1. The van der Waals surface area contributed by atoms with E-state index in [4.69, 9.17) is 5.73 Å². The molecular weight excluding hydrogens is 414 g/mol. The number of ketones is 1. The third kappa shape index (κ3) is 4.22. The van der Waals surface area contributed by atoms with Crippen LogP contribution in [0.4, 0.5) is 0 Å². The van der Waals surface area contributed by atoms with Crippen LogP contribution in [0.5, 0.6) is 0 Å². The van der Waals surface area contributed by atoms with Gasteiger partial charge in [0.2, 0.25) is 5.78 Å². The van der Waals surface area contributed by atoms with Gasteiger partial charge in [-0.2, -0.15) is 5.10 Å². The Labute approximate surface area is 181 Å². The molecule has 8 nitrogen and oxygen atoms in total. The number of hydrogen-bond donors (Lipinski definition) is 2. The van der Waals surface area contributed by atoms with Gasteiger partial charge in [-0.3, -0.25) is 19.1 Å². The lowest BCUT2D eigenvalue weighted by atomic mass is 10.0. The largest absolute Gasteiger partial charge is 0.363 e. The third-order valence-electron chi connectivity index (χ3n) is 4.83. The molecule has 0 radical (unpaired) electrons. The van der Waals surface area contributed by atoms with Crippen LogP contribution in [0.2, 0.25) is 0 Å². The average Bonchev–Trinajstić information content (AvgIpc) is 3.39. The molecule has 0 spiro atoms. The Bertz CT molecular complexity index is 1280. The lowest BCUT2D eigenvalue weighted by molar-refractivity contribution is -0.137. The molecule has 1 unspecified atom stereocenters. The first kappa shape index (κ1) is 20.4. The number of amides is 2. The number of hydrogen-bond acceptors (Lipinski definition) is 6.